The van der Waals surface area contributed by atoms with E-state index < -0.39 is 0 Å². The maximum absolute atomic E-state index is 10.8. The van der Waals surface area contributed by atoms with E-state index in [0.29, 0.717) is 13.1 Å². The Kier molecular flexibility index (Phi) is 4.53. The van der Waals surface area contributed by atoms with E-state index in [-0.39, 0.29) is 17.8 Å². The molecule has 1 heterocycles. The summed E-state index contributed by atoms with van der Waals surface area (Å²) < 4.78 is 0. The number of amides is 1. The van der Waals surface area contributed by atoms with Gasteiger partial charge in [0.05, 0.1) is 0 Å². The summed E-state index contributed by atoms with van der Waals surface area (Å²) in [5.41, 5.74) is 1.03. The molecule has 0 aliphatic rings. The Morgan fingerprint density at radius 1 is 1.30 bits per heavy atom. The van der Waals surface area contributed by atoms with Crippen LogP contribution in [0.15, 0.2) is 30.5 Å². The van der Waals surface area contributed by atoms with Gasteiger partial charge in [-0.3, -0.25) is 4.79 Å². The molecule has 2 rings (SSSR count). The average Bonchev–Trinajstić information content (AvgIpc) is 2.44. The molecule has 1 aromatic carbocycles. The van der Waals surface area contributed by atoms with Gasteiger partial charge in [0.1, 0.15) is 0 Å². The van der Waals surface area contributed by atoms with Crippen LogP contribution in [-0.2, 0) is 4.79 Å². The number of aromatic hydroxyl groups is 1. The number of nitrogens with zero attached hydrogens (tertiary/aromatic N) is 1. The van der Waals surface area contributed by atoms with Crippen molar-refractivity contribution in [1.82, 2.24) is 15.6 Å². The van der Waals surface area contributed by atoms with Crippen molar-refractivity contribution in [2.45, 2.75) is 19.9 Å². The second kappa shape index (κ2) is 6.34. The Balaban J connectivity index is 2.12. The van der Waals surface area contributed by atoms with E-state index in [0.717, 1.165) is 16.3 Å². The summed E-state index contributed by atoms with van der Waals surface area (Å²) in [6.45, 7) is 4.80. The summed E-state index contributed by atoms with van der Waals surface area (Å²) in [7, 11) is 0. The summed E-state index contributed by atoms with van der Waals surface area (Å²) in [5, 5.41) is 17.6. The fourth-order valence-corrected chi connectivity index (χ4v) is 2.18. The van der Waals surface area contributed by atoms with E-state index in [2.05, 4.69) is 15.6 Å². The highest BCUT2D eigenvalue weighted by Gasteiger charge is 2.11. The molecule has 0 spiro atoms. The number of carbonyl (C=O) groups excluding carboxylic acids is 1. The van der Waals surface area contributed by atoms with Crippen molar-refractivity contribution < 1.29 is 9.90 Å². The zero-order chi connectivity index (χ0) is 14.5. The monoisotopic (exact) mass is 273 g/mol. The standard InChI is InChI=1S/C15H19N3O2/c1-10(16-7-8-17-11(2)19)14-9-18-15(20)13-6-4-3-5-12(13)14/h3-6,9-10,16H,7-8H2,1-2H3,(H,17,19)(H,18,20). The molecule has 2 aromatic rings. The Morgan fingerprint density at radius 3 is 2.70 bits per heavy atom. The summed E-state index contributed by atoms with van der Waals surface area (Å²) >= 11 is 0. The Labute approximate surface area is 118 Å². The van der Waals surface area contributed by atoms with Crippen LogP contribution < -0.4 is 10.6 Å². The predicted molar refractivity (Wildman–Crippen MR) is 78.5 cm³/mol. The van der Waals surface area contributed by atoms with Crippen molar-refractivity contribution in [2.75, 3.05) is 13.1 Å². The highest BCUT2D eigenvalue weighted by atomic mass is 16.3. The van der Waals surface area contributed by atoms with Gasteiger partial charge < -0.3 is 15.7 Å². The van der Waals surface area contributed by atoms with Gasteiger partial charge in [0, 0.05) is 37.6 Å². The van der Waals surface area contributed by atoms with Gasteiger partial charge in [-0.2, -0.15) is 0 Å². The highest BCUT2D eigenvalue weighted by Crippen LogP contribution is 2.28. The third kappa shape index (κ3) is 3.24. The Hall–Kier alpha value is -2.14. The van der Waals surface area contributed by atoms with Crippen LogP contribution in [0.2, 0.25) is 0 Å². The van der Waals surface area contributed by atoms with Gasteiger partial charge in [-0.15, -0.1) is 0 Å². The Bertz CT molecular complexity index is 613. The van der Waals surface area contributed by atoms with Crippen LogP contribution in [0.4, 0.5) is 0 Å². The van der Waals surface area contributed by atoms with Crippen molar-refractivity contribution in [1.29, 1.82) is 0 Å². The largest absolute Gasteiger partial charge is 0.493 e. The maximum Gasteiger partial charge on any atom is 0.218 e. The molecule has 0 aliphatic heterocycles. The second-order valence-electron chi connectivity index (χ2n) is 4.74. The average molecular weight is 273 g/mol. The number of aromatic nitrogens is 1. The van der Waals surface area contributed by atoms with Crippen molar-refractivity contribution in [3.8, 4) is 5.88 Å². The van der Waals surface area contributed by atoms with Gasteiger partial charge in [-0.05, 0) is 23.9 Å². The van der Waals surface area contributed by atoms with Gasteiger partial charge in [-0.25, -0.2) is 4.98 Å². The molecule has 0 bridgehead atoms. The maximum atomic E-state index is 10.8. The van der Waals surface area contributed by atoms with Gasteiger partial charge in [0.2, 0.25) is 11.8 Å². The molecule has 0 radical (unpaired) electrons. The lowest BCUT2D eigenvalue weighted by Crippen LogP contribution is -2.31. The van der Waals surface area contributed by atoms with Crippen LogP contribution in [0.25, 0.3) is 10.8 Å². The molecule has 3 N–H and O–H groups in total. The molecular weight excluding hydrogens is 254 g/mol. The number of nitrogens with one attached hydrogen (secondary N) is 2. The summed E-state index contributed by atoms with van der Waals surface area (Å²) in [4.78, 5) is 14.8. The van der Waals surface area contributed by atoms with Crippen LogP contribution in [0.1, 0.15) is 25.5 Å². The molecule has 1 atom stereocenters. The zero-order valence-corrected chi connectivity index (χ0v) is 11.7. The normalized spacial score (nSPS) is 12.3. The van der Waals surface area contributed by atoms with Crippen LogP contribution >= 0.6 is 0 Å². The van der Waals surface area contributed by atoms with Crippen molar-refractivity contribution in [2.24, 2.45) is 0 Å². The van der Waals surface area contributed by atoms with E-state index >= 15 is 0 Å². The molecule has 0 saturated carbocycles. The Morgan fingerprint density at radius 2 is 2.00 bits per heavy atom. The van der Waals surface area contributed by atoms with Crippen molar-refractivity contribution in [3.05, 3.63) is 36.0 Å². The minimum Gasteiger partial charge on any atom is -0.493 e. The first-order chi connectivity index (χ1) is 9.59. The molecule has 106 valence electrons. The minimum atomic E-state index is -0.0313. The third-order valence-electron chi connectivity index (χ3n) is 3.22. The molecule has 5 nitrogen and oxygen atoms in total. The third-order valence-corrected chi connectivity index (χ3v) is 3.22. The number of hydrogen-bond donors (Lipinski definition) is 3. The smallest absolute Gasteiger partial charge is 0.218 e. The van der Waals surface area contributed by atoms with E-state index in [1.165, 1.54) is 6.92 Å². The van der Waals surface area contributed by atoms with Gasteiger partial charge in [0.25, 0.3) is 0 Å². The molecule has 0 aliphatic carbocycles. The molecule has 0 saturated heterocycles. The van der Waals surface area contributed by atoms with Crippen LogP contribution in [-0.4, -0.2) is 29.1 Å². The zero-order valence-electron chi connectivity index (χ0n) is 11.7. The van der Waals surface area contributed by atoms with E-state index in [4.69, 9.17) is 0 Å². The summed E-state index contributed by atoms with van der Waals surface area (Å²) in [6.07, 6.45) is 1.69. The number of pyridine rings is 1. The fourth-order valence-electron chi connectivity index (χ4n) is 2.18. The topological polar surface area (TPSA) is 74.2 Å². The lowest BCUT2D eigenvalue weighted by Gasteiger charge is -2.16. The number of fused-ring (bicyclic) bond motifs is 1. The number of carbonyl (C=O) groups is 1. The van der Waals surface area contributed by atoms with Gasteiger partial charge >= 0.3 is 0 Å². The summed E-state index contributed by atoms with van der Waals surface area (Å²) in [6, 6.07) is 7.72. The SMILES string of the molecule is CC(=O)NCCNC(C)c1cnc(O)c2ccccc12. The number of hydrogen-bond acceptors (Lipinski definition) is 4. The van der Waals surface area contributed by atoms with Crippen molar-refractivity contribution >= 4 is 16.7 Å². The molecule has 1 amide bonds. The molecule has 1 aromatic heterocycles. The predicted octanol–water partition coefficient (Wildman–Crippen LogP) is 1.73. The second-order valence-corrected chi connectivity index (χ2v) is 4.74. The number of rotatable bonds is 5. The van der Waals surface area contributed by atoms with Crippen molar-refractivity contribution in [3.63, 3.8) is 0 Å². The molecule has 5 heteroatoms. The summed E-state index contributed by atoms with van der Waals surface area (Å²) in [5.74, 6) is 0.0194. The van der Waals surface area contributed by atoms with E-state index in [1.807, 2.05) is 31.2 Å². The molecule has 0 fully saturated rings. The number of benzene rings is 1. The van der Waals surface area contributed by atoms with E-state index in [9.17, 15) is 9.90 Å². The van der Waals surface area contributed by atoms with Gasteiger partial charge in [0.15, 0.2) is 0 Å². The molecule has 1 unspecified atom stereocenters. The lowest BCUT2D eigenvalue weighted by molar-refractivity contribution is -0.118. The lowest BCUT2D eigenvalue weighted by atomic mass is 10.0. The van der Waals surface area contributed by atoms with Gasteiger partial charge in [-0.1, -0.05) is 18.2 Å². The van der Waals surface area contributed by atoms with E-state index in [1.54, 1.807) is 6.20 Å². The minimum absolute atomic E-state index is 0.0313. The fraction of sp³-hybridized carbons (Fsp3) is 0.333. The first-order valence-electron chi connectivity index (χ1n) is 6.64. The van der Waals surface area contributed by atoms with Crippen LogP contribution in [0.5, 0.6) is 5.88 Å². The molecular formula is C15H19N3O2. The molecule has 20 heavy (non-hydrogen) atoms. The quantitative estimate of drug-likeness (QED) is 0.725. The highest BCUT2D eigenvalue weighted by molar-refractivity contribution is 5.89. The van der Waals surface area contributed by atoms with Crippen LogP contribution in [0.3, 0.4) is 0 Å². The first-order valence-corrected chi connectivity index (χ1v) is 6.64. The first kappa shape index (κ1) is 14.3. The van der Waals surface area contributed by atoms with Crippen LogP contribution in [0, 0.1) is 0 Å².